The van der Waals surface area contributed by atoms with Gasteiger partial charge < -0.3 is 15.4 Å². The number of fused-ring (bicyclic) bond motifs is 1. The van der Waals surface area contributed by atoms with Crippen molar-refractivity contribution in [2.75, 3.05) is 10.6 Å². The fraction of sp³-hybridized carbons (Fsp3) is 0.312. The highest BCUT2D eigenvalue weighted by Gasteiger charge is 2.23. The molecule has 21 heavy (non-hydrogen) atoms. The molecule has 1 aliphatic heterocycles. The number of nitrogens with one attached hydrogen (secondary N) is 2. The van der Waals surface area contributed by atoms with Gasteiger partial charge in [-0.2, -0.15) is 0 Å². The lowest BCUT2D eigenvalue weighted by atomic mass is 10.1. The van der Waals surface area contributed by atoms with E-state index in [0.29, 0.717) is 5.75 Å². The van der Waals surface area contributed by atoms with E-state index in [-0.39, 0.29) is 11.9 Å². The summed E-state index contributed by atoms with van der Waals surface area (Å²) in [6.07, 6.45) is -0.441. The highest BCUT2D eigenvalue weighted by Crippen LogP contribution is 2.34. The fourth-order valence-electron chi connectivity index (χ4n) is 2.44. The summed E-state index contributed by atoms with van der Waals surface area (Å²) in [4.78, 5) is 13.0. The third kappa shape index (κ3) is 2.74. The van der Waals surface area contributed by atoms with E-state index in [2.05, 4.69) is 35.9 Å². The summed E-state index contributed by atoms with van der Waals surface area (Å²) in [5.74, 6) is 0.606. The number of rotatable bonds is 3. The number of hydrogen-bond acceptors (Lipinski definition) is 4. The first-order valence-electron chi connectivity index (χ1n) is 6.96. The number of thiophene rings is 1. The lowest BCUT2D eigenvalue weighted by Crippen LogP contribution is -2.34. The van der Waals surface area contributed by atoms with Gasteiger partial charge in [0.15, 0.2) is 6.10 Å². The van der Waals surface area contributed by atoms with Crippen molar-refractivity contribution < 1.29 is 9.53 Å². The van der Waals surface area contributed by atoms with E-state index in [0.717, 1.165) is 11.4 Å². The van der Waals surface area contributed by atoms with Gasteiger partial charge in [-0.05, 0) is 56.0 Å². The second-order valence-corrected chi connectivity index (χ2v) is 6.24. The first-order chi connectivity index (χ1) is 10.0. The second kappa shape index (κ2) is 5.41. The summed E-state index contributed by atoms with van der Waals surface area (Å²) >= 11 is 1.75. The number of carbonyl (C=O) groups is 1. The van der Waals surface area contributed by atoms with Crippen molar-refractivity contribution in [2.24, 2.45) is 0 Å². The van der Waals surface area contributed by atoms with Gasteiger partial charge in [0.05, 0.1) is 11.7 Å². The number of aryl methyl sites for hydroxylation is 1. The molecule has 2 N–H and O–H groups in total. The number of ether oxygens (including phenoxy) is 1. The Bertz CT molecular complexity index is 681. The molecular formula is C16H18N2O2S. The minimum Gasteiger partial charge on any atom is -0.479 e. The molecular weight excluding hydrogens is 284 g/mol. The number of anilines is 2. The number of amides is 1. The molecule has 1 aromatic carbocycles. The lowest BCUT2D eigenvalue weighted by molar-refractivity contribution is -0.122. The molecule has 0 aliphatic carbocycles. The first-order valence-corrected chi connectivity index (χ1v) is 7.84. The van der Waals surface area contributed by atoms with Crippen LogP contribution < -0.4 is 15.4 Å². The molecule has 1 aliphatic rings. The zero-order valence-electron chi connectivity index (χ0n) is 12.3. The molecule has 5 heteroatoms. The predicted molar refractivity (Wildman–Crippen MR) is 86.3 cm³/mol. The van der Waals surface area contributed by atoms with E-state index < -0.39 is 6.10 Å². The van der Waals surface area contributed by atoms with Crippen LogP contribution in [0.25, 0.3) is 0 Å². The molecule has 0 fully saturated rings. The zero-order chi connectivity index (χ0) is 15.0. The largest absolute Gasteiger partial charge is 0.479 e. The van der Waals surface area contributed by atoms with Gasteiger partial charge in [-0.1, -0.05) is 0 Å². The van der Waals surface area contributed by atoms with Crippen LogP contribution in [-0.4, -0.2) is 12.0 Å². The van der Waals surface area contributed by atoms with Crippen LogP contribution >= 0.6 is 11.3 Å². The Morgan fingerprint density at radius 2 is 2.19 bits per heavy atom. The predicted octanol–water partition coefficient (Wildman–Crippen LogP) is 3.95. The minimum atomic E-state index is -0.441. The van der Waals surface area contributed by atoms with Crippen molar-refractivity contribution in [1.82, 2.24) is 0 Å². The topological polar surface area (TPSA) is 50.4 Å². The van der Waals surface area contributed by atoms with Crippen LogP contribution in [0.4, 0.5) is 11.4 Å². The normalized spacial score (nSPS) is 18.4. The molecule has 1 aromatic heterocycles. The highest BCUT2D eigenvalue weighted by molar-refractivity contribution is 7.10. The lowest BCUT2D eigenvalue weighted by Gasteiger charge is -2.24. The van der Waals surface area contributed by atoms with Crippen molar-refractivity contribution in [2.45, 2.75) is 32.9 Å². The quantitative estimate of drug-likeness (QED) is 0.902. The van der Waals surface area contributed by atoms with E-state index in [1.165, 1.54) is 10.4 Å². The maximum Gasteiger partial charge on any atom is 0.265 e. The van der Waals surface area contributed by atoms with E-state index in [9.17, 15) is 4.79 Å². The van der Waals surface area contributed by atoms with E-state index in [1.807, 2.05) is 18.2 Å². The van der Waals surface area contributed by atoms with Gasteiger partial charge in [-0.25, -0.2) is 0 Å². The van der Waals surface area contributed by atoms with Crippen LogP contribution in [-0.2, 0) is 4.79 Å². The summed E-state index contributed by atoms with van der Waals surface area (Å²) < 4.78 is 5.56. The average Bonchev–Trinajstić information content (AvgIpc) is 2.87. The smallest absolute Gasteiger partial charge is 0.265 e. The summed E-state index contributed by atoms with van der Waals surface area (Å²) in [6.45, 7) is 5.99. The average molecular weight is 302 g/mol. The van der Waals surface area contributed by atoms with Crippen molar-refractivity contribution in [3.8, 4) is 5.75 Å². The molecule has 0 bridgehead atoms. The fourth-order valence-corrected chi connectivity index (χ4v) is 3.38. The van der Waals surface area contributed by atoms with Gasteiger partial charge in [-0.15, -0.1) is 11.3 Å². The molecule has 2 heterocycles. The van der Waals surface area contributed by atoms with Gasteiger partial charge >= 0.3 is 0 Å². The second-order valence-electron chi connectivity index (χ2n) is 5.29. The van der Waals surface area contributed by atoms with Gasteiger partial charge in [0.1, 0.15) is 5.75 Å². The third-order valence-corrected chi connectivity index (χ3v) is 4.79. The first kappa shape index (κ1) is 13.9. The molecule has 0 saturated heterocycles. The maximum atomic E-state index is 11.7. The molecule has 1 amide bonds. The van der Waals surface area contributed by atoms with E-state index in [4.69, 9.17) is 4.74 Å². The molecule has 0 saturated carbocycles. The van der Waals surface area contributed by atoms with Gasteiger partial charge in [0, 0.05) is 10.6 Å². The van der Waals surface area contributed by atoms with E-state index in [1.54, 1.807) is 18.3 Å². The zero-order valence-corrected chi connectivity index (χ0v) is 13.1. The van der Waals surface area contributed by atoms with Crippen LogP contribution in [0, 0.1) is 6.92 Å². The van der Waals surface area contributed by atoms with Crippen molar-refractivity contribution in [3.63, 3.8) is 0 Å². The molecule has 2 aromatic rings. The highest BCUT2D eigenvalue weighted by atomic mass is 32.1. The minimum absolute atomic E-state index is 0.109. The summed E-state index contributed by atoms with van der Waals surface area (Å²) in [5, 5.41) is 8.44. The third-order valence-electron chi connectivity index (χ3n) is 3.59. The Morgan fingerprint density at radius 3 is 2.90 bits per heavy atom. The number of benzene rings is 1. The van der Waals surface area contributed by atoms with Crippen LogP contribution in [0.15, 0.2) is 29.6 Å². The molecule has 3 rings (SSSR count). The Labute approximate surface area is 128 Å². The SMILES string of the molecule is Cc1ccsc1C(C)Nc1ccc2c(c1)NC(=O)C(C)O2. The Kier molecular flexibility index (Phi) is 3.59. The molecule has 2 atom stereocenters. The van der Waals surface area contributed by atoms with Gasteiger partial charge in [0.25, 0.3) is 5.91 Å². The van der Waals surface area contributed by atoms with Crippen molar-refractivity contribution in [1.29, 1.82) is 0 Å². The van der Waals surface area contributed by atoms with Crippen LogP contribution in [0.1, 0.15) is 30.3 Å². The standard InChI is InChI=1S/C16H18N2O2S/c1-9-6-7-21-15(9)10(2)17-12-4-5-14-13(8-12)18-16(19)11(3)20-14/h4-8,10-11,17H,1-3H3,(H,18,19). The van der Waals surface area contributed by atoms with Gasteiger partial charge in [0.2, 0.25) is 0 Å². The van der Waals surface area contributed by atoms with Crippen molar-refractivity contribution in [3.05, 3.63) is 40.1 Å². The van der Waals surface area contributed by atoms with Gasteiger partial charge in [-0.3, -0.25) is 4.79 Å². The van der Waals surface area contributed by atoms with Crippen LogP contribution in [0.2, 0.25) is 0 Å². The Balaban J connectivity index is 1.80. The van der Waals surface area contributed by atoms with E-state index >= 15 is 0 Å². The summed E-state index contributed by atoms with van der Waals surface area (Å²) in [6, 6.07) is 8.13. The molecule has 2 unspecified atom stereocenters. The molecule has 110 valence electrons. The molecule has 4 nitrogen and oxygen atoms in total. The Hall–Kier alpha value is -2.01. The monoisotopic (exact) mass is 302 g/mol. The Morgan fingerprint density at radius 1 is 1.38 bits per heavy atom. The maximum absolute atomic E-state index is 11.7. The number of carbonyl (C=O) groups excluding carboxylic acids is 1. The van der Waals surface area contributed by atoms with Crippen LogP contribution in [0.3, 0.4) is 0 Å². The van der Waals surface area contributed by atoms with Crippen LogP contribution in [0.5, 0.6) is 5.75 Å². The van der Waals surface area contributed by atoms with Crippen molar-refractivity contribution >= 4 is 28.6 Å². The summed E-state index contributed by atoms with van der Waals surface area (Å²) in [7, 11) is 0. The molecule has 0 spiro atoms. The summed E-state index contributed by atoms with van der Waals surface area (Å²) in [5.41, 5.74) is 2.98. The number of hydrogen-bond donors (Lipinski definition) is 2. The molecule has 0 radical (unpaired) electrons.